The van der Waals surface area contributed by atoms with Gasteiger partial charge in [-0.05, 0) is 19.3 Å². The molecule has 106 valence electrons. The quantitative estimate of drug-likeness (QED) is 0.585. The number of carbonyl (C=O) groups excluding carboxylic acids is 1. The van der Waals surface area contributed by atoms with Crippen LogP contribution >= 0.6 is 0 Å². The molecule has 0 aromatic carbocycles. The molecule has 1 aliphatic carbocycles. The van der Waals surface area contributed by atoms with Crippen LogP contribution in [0.2, 0.25) is 0 Å². The Morgan fingerprint density at radius 1 is 1.22 bits per heavy atom. The summed E-state index contributed by atoms with van der Waals surface area (Å²) in [7, 11) is -3.96. The van der Waals surface area contributed by atoms with E-state index >= 15 is 0 Å². The molecule has 0 unspecified atom stereocenters. The molecule has 0 radical (unpaired) electrons. The largest absolute Gasteiger partial charge is 0.351 e. The SMILES string of the molecule is NC(=O)N(CCCS(=O)(=O)O)C1CCCCCC1. The minimum atomic E-state index is -3.96. The maximum absolute atomic E-state index is 11.4. The fraction of sp³-hybridized carbons (Fsp3) is 0.909. The molecule has 2 amide bonds. The second kappa shape index (κ2) is 6.94. The number of carbonyl (C=O) groups is 1. The summed E-state index contributed by atoms with van der Waals surface area (Å²) in [6.07, 6.45) is 6.57. The molecule has 6 nitrogen and oxygen atoms in total. The molecule has 0 aromatic rings. The number of nitrogens with two attached hydrogens (primary N) is 1. The number of nitrogens with zero attached hydrogens (tertiary/aromatic N) is 1. The lowest BCUT2D eigenvalue weighted by Gasteiger charge is -2.29. The van der Waals surface area contributed by atoms with Crippen molar-refractivity contribution in [3.63, 3.8) is 0 Å². The van der Waals surface area contributed by atoms with E-state index in [2.05, 4.69) is 0 Å². The van der Waals surface area contributed by atoms with E-state index in [1.54, 1.807) is 4.90 Å². The molecular weight excluding hydrogens is 256 g/mol. The predicted octanol–water partition coefficient (Wildman–Crippen LogP) is 1.37. The number of hydrogen-bond acceptors (Lipinski definition) is 3. The highest BCUT2D eigenvalue weighted by atomic mass is 32.2. The van der Waals surface area contributed by atoms with Crippen molar-refractivity contribution in [2.45, 2.75) is 51.0 Å². The summed E-state index contributed by atoms with van der Waals surface area (Å²) in [5, 5.41) is 0. The van der Waals surface area contributed by atoms with E-state index in [-0.39, 0.29) is 18.2 Å². The van der Waals surface area contributed by atoms with Crippen LogP contribution in [-0.2, 0) is 10.1 Å². The van der Waals surface area contributed by atoms with Gasteiger partial charge in [0.1, 0.15) is 0 Å². The van der Waals surface area contributed by atoms with Gasteiger partial charge in [0.2, 0.25) is 0 Å². The summed E-state index contributed by atoms with van der Waals surface area (Å²) in [6, 6.07) is -0.386. The molecule has 3 N–H and O–H groups in total. The zero-order valence-corrected chi connectivity index (χ0v) is 11.4. The normalized spacial score (nSPS) is 18.3. The number of urea groups is 1. The minimum absolute atomic E-state index is 0.117. The summed E-state index contributed by atoms with van der Waals surface area (Å²) >= 11 is 0. The molecule has 0 atom stereocenters. The van der Waals surface area contributed by atoms with Crippen LogP contribution in [0.25, 0.3) is 0 Å². The number of rotatable bonds is 5. The van der Waals surface area contributed by atoms with Crippen LogP contribution in [-0.4, -0.2) is 42.2 Å². The van der Waals surface area contributed by atoms with Gasteiger partial charge in [-0.15, -0.1) is 0 Å². The molecule has 0 aromatic heterocycles. The van der Waals surface area contributed by atoms with Gasteiger partial charge in [0.05, 0.1) is 5.75 Å². The average Bonchev–Trinajstić information content (AvgIpc) is 2.50. The first-order valence-electron chi connectivity index (χ1n) is 6.41. The Morgan fingerprint density at radius 3 is 2.22 bits per heavy atom. The topological polar surface area (TPSA) is 101 Å². The van der Waals surface area contributed by atoms with Crippen molar-refractivity contribution in [1.29, 1.82) is 0 Å². The Morgan fingerprint density at radius 2 is 1.78 bits per heavy atom. The molecule has 0 spiro atoms. The molecule has 18 heavy (non-hydrogen) atoms. The van der Waals surface area contributed by atoms with Gasteiger partial charge in [-0.3, -0.25) is 4.55 Å². The van der Waals surface area contributed by atoms with Crippen molar-refractivity contribution in [2.24, 2.45) is 5.73 Å². The highest BCUT2D eigenvalue weighted by Gasteiger charge is 2.22. The fourth-order valence-electron chi connectivity index (χ4n) is 2.46. The summed E-state index contributed by atoms with van der Waals surface area (Å²) in [5.74, 6) is -0.330. The lowest BCUT2D eigenvalue weighted by molar-refractivity contribution is 0.176. The molecule has 1 aliphatic rings. The van der Waals surface area contributed by atoms with E-state index in [0.717, 1.165) is 25.7 Å². The minimum Gasteiger partial charge on any atom is -0.351 e. The molecule has 0 bridgehead atoms. The first kappa shape index (κ1) is 15.2. The van der Waals surface area contributed by atoms with Crippen LogP contribution in [0.1, 0.15) is 44.9 Å². The highest BCUT2D eigenvalue weighted by Crippen LogP contribution is 2.22. The number of amides is 2. The van der Waals surface area contributed by atoms with Gasteiger partial charge >= 0.3 is 6.03 Å². The molecule has 1 rings (SSSR count). The zero-order valence-electron chi connectivity index (χ0n) is 10.5. The molecule has 1 saturated carbocycles. The van der Waals surface area contributed by atoms with E-state index in [0.29, 0.717) is 6.54 Å². The van der Waals surface area contributed by atoms with E-state index in [1.165, 1.54) is 12.8 Å². The Kier molecular flexibility index (Phi) is 5.87. The van der Waals surface area contributed by atoms with Gasteiger partial charge in [-0.2, -0.15) is 8.42 Å². The van der Waals surface area contributed by atoms with Gasteiger partial charge in [-0.1, -0.05) is 25.7 Å². The smallest absolute Gasteiger partial charge is 0.315 e. The number of primary amides is 1. The number of hydrogen-bond donors (Lipinski definition) is 2. The third kappa shape index (κ3) is 5.68. The lowest BCUT2D eigenvalue weighted by Crippen LogP contribution is -2.44. The lowest BCUT2D eigenvalue weighted by atomic mass is 10.1. The van der Waals surface area contributed by atoms with Crippen molar-refractivity contribution in [2.75, 3.05) is 12.3 Å². The van der Waals surface area contributed by atoms with Crippen LogP contribution in [0, 0.1) is 0 Å². The Labute approximate surface area is 108 Å². The molecule has 7 heteroatoms. The molecule has 0 aliphatic heterocycles. The maximum atomic E-state index is 11.4. The first-order chi connectivity index (χ1) is 8.40. The molecule has 0 saturated heterocycles. The van der Waals surface area contributed by atoms with Gasteiger partial charge in [-0.25, -0.2) is 4.79 Å². The Hall–Kier alpha value is -0.820. The van der Waals surface area contributed by atoms with Crippen LogP contribution in [0.5, 0.6) is 0 Å². The molecular formula is C11H22N2O4S. The van der Waals surface area contributed by atoms with E-state index in [1.807, 2.05) is 0 Å². The third-order valence-electron chi connectivity index (χ3n) is 3.35. The predicted molar refractivity (Wildman–Crippen MR) is 68.8 cm³/mol. The Balaban J connectivity index is 2.50. The monoisotopic (exact) mass is 278 g/mol. The van der Waals surface area contributed by atoms with Gasteiger partial charge in [0, 0.05) is 12.6 Å². The molecule has 0 heterocycles. The summed E-state index contributed by atoms with van der Waals surface area (Å²) in [6.45, 7) is 0.291. The third-order valence-corrected chi connectivity index (χ3v) is 4.15. The summed E-state index contributed by atoms with van der Waals surface area (Å²) < 4.78 is 29.9. The van der Waals surface area contributed by atoms with Crippen LogP contribution in [0.3, 0.4) is 0 Å². The van der Waals surface area contributed by atoms with Crippen molar-refractivity contribution in [3.8, 4) is 0 Å². The fourth-order valence-corrected chi connectivity index (χ4v) is 2.95. The van der Waals surface area contributed by atoms with E-state index in [4.69, 9.17) is 10.3 Å². The first-order valence-corrected chi connectivity index (χ1v) is 8.02. The molecule has 1 fully saturated rings. The maximum Gasteiger partial charge on any atom is 0.315 e. The summed E-state index contributed by atoms with van der Waals surface area (Å²) in [5.41, 5.74) is 5.34. The van der Waals surface area contributed by atoms with Crippen molar-refractivity contribution >= 4 is 16.1 Å². The van der Waals surface area contributed by atoms with Gasteiger partial charge < -0.3 is 10.6 Å². The van der Waals surface area contributed by atoms with Crippen molar-refractivity contribution < 1.29 is 17.8 Å². The van der Waals surface area contributed by atoms with Gasteiger partial charge in [0.15, 0.2) is 0 Å². The van der Waals surface area contributed by atoms with E-state index < -0.39 is 16.1 Å². The average molecular weight is 278 g/mol. The standard InChI is InChI=1S/C11H22N2O4S/c12-11(14)13(8-5-9-18(15,16)17)10-6-3-1-2-4-7-10/h10H,1-9H2,(H2,12,14)(H,15,16,17). The summed E-state index contributed by atoms with van der Waals surface area (Å²) in [4.78, 5) is 13.0. The second-order valence-corrected chi connectivity index (χ2v) is 6.39. The van der Waals surface area contributed by atoms with Crippen molar-refractivity contribution in [3.05, 3.63) is 0 Å². The Bertz CT molecular complexity index is 361. The van der Waals surface area contributed by atoms with Gasteiger partial charge in [0.25, 0.3) is 10.1 Å². The van der Waals surface area contributed by atoms with Crippen LogP contribution < -0.4 is 5.73 Å². The van der Waals surface area contributed by atoms with Crippen LogP contribution in [0.15, 0.2) is 0 Å². The highest BCUT2D eigenvalue weighted by molar-refractivity contribution is 7.85. The van der Waals surface area contributed by atoms with Crippen molar-refractivity contribution in [1.82, 2.24) is 4.90 Å². The zero-order chi connectivity index (χ0) is 13.6. The van der Waals surface area contributed by atoms with Crippen LogP contribution in [0.4, 0.5) is 4.79 Å². The van der Waals surface area contributed by atoms with E-state index in [9.17, 15) is 13.2 Å². The second-order valence-electron chi connectivity index (χ2n) is 4.82.